The summed E-state index contributed by atoms with van der Waals surface area (Å²) in [6.07, 6.45) is 0.761. The maximum absolute atomic E-state index is 10.6. The van der Waals surface area contributed by atoms with Crippen LogP contribution in [0.1, 0.15) is 17.3 Å². The summed E-state index contributed by atoms with van der Waals surface area (Å²) >= 11 is 0. The Morgan fingerprint density at radius 2 is 1.79 bits per heavy atom. The first kappa shape index (κ1) is 12.3. The average Bonchev–Trinajstić information content (AvgIpc) is 2.21. The number of anilines is 1. The van der Waals surface area contributed by atoms with Gasteiger partial charge < -0.3 is 5.32 Å². The molecule has 1 N–H and O–H groups in total. The van der Waals surface area contributed by atoms with Crippen molar-refractivity contribution in [2.75, 3.05) is 12.5 Å². The van der Waals surface area contributed by atoms with Gasteiger partial charge in [-0.1, -0.05) is 0 Å². The molecule has 0 bridgehead atoms. The Balaban J connectivity index is 0.000000791. The molecule has 76 valence electrons. The number of rotatable bonds is 2. The number of carbonyl (C=O) groups is 2. The third kappa shape index (κ3) is 4.35. The van der Waals surface area contributed by atoms with Crippen LogP contribution in [0.3, 0.4) is 0 Å². The fraction of sp³-hybridized carbons (Fsp3) is 0.200. The van der Waals surface area contributed by atoms with Crippen LogP contribution in [0.2, 0.25) is 0 Å². The molecule has 1 rings (SSSR count). The fourth-order valence-electron chi connectivity index (χ4n) is 0.848. The summed E-state index contributed by atoms with van der Waals surface area (Å²) < 4.78 is 9.50. The number of aldehydes is 1. The summed E-state index contributed by atoms with van der Waals surface area (Å²) in [6.45, 7) is 1.44. The van der Waals surface area contributed by atoms with Crippen LogP contribution in [0.5, 0.6) is 0 Å². The number of alkyl halides is 1. The lowest BCUT2D eigenvalue weighted by molar-refractivity contribution is -0.114. The van der Waals surface area contributed by atoms with Gasteiger partial charge in [0.25, 0.3) is 0 Å². The summed E-state index contributed by atoms with van der Waals surface area (Å²) in [6, 6.07) is 6.67. The minimum atomic E-state index is -0.117. The van der Waals surface area contributed by atoms with E-state index in [1.807, 2.05) is 0 Å². The van der Waals surface area contributed by atoms with Crippen LogP contribution in [0.15, 0.2) is 24.3 Å². The first-order chi connectivity index (χ1) is 6.72. The van der Waals surface area contributed by atoms with Crippen LogP contribution in [0.4, 0.5) is 10.1 Å². The fourth-order valence-corrected chi connectivity index (χ4v) is 0.848. The number of hydrogen-bond acceptors (Lipinski definition) is 2. The second-order valence-corrected chi connectivity index (χ2v) is 2.42. The third-order valence-corrected chi connectivity index (χ3v) is 1.37. The molecule has 0 atom stereocenters. The van der Waals surface area contributed by atoms with Crippen LogP contribution < -0.4 is 5.32 Å². The zero-order valence-electron chi connectivity index (χ0n) is 8.08. The van der Waals surface area contributed by atoms with Crippen LogP contribution in [0.25, 0.3) is 0 Å². The molecule has 0 aliphatic carbocycles. The summed E-state index contributed by atoms with van der Waals surface area (Å²) in [5.74, 6) is -0.117. The molecule has 0 fully saturated rings. The Morgan fingerprint density at radius 1 is 1.29 bits per heavy atom. The molecule has 14 heavy (non-hydrogen) atoms. The molecular weight excluding hydrogens is 185 g/mol. The van der Waals surface area contributed by atoms with E-state index < -0.39 is 0 Å². The SMILES string of the molecule is CC(=O)Nc1ccc(C=O)cc1.CF. The van der Waals surface area contributed by atoms with Crippen molar-refractivity contribution in [1.82, 2.24) is 0 Å². The smallest absolute Gasteiger partial charge is 0.221 e. The molecule has 0 heterocycles. The molecule has 0 radical (unpaired) electrons. The van der Waals surface area contributed by atoms with Gasteiger partial charge in [-0.2, -0.15) is 0 Å². The van der Waals surface area contributed by atoms with Gasteiger partial charge in [-0.05, 0) is 24.3 Å². The maximum atomic E-state index is 10.6. The number of hydrogen-bond donors (Lipinski definition) is 1. The van der Waals surface area contributed by atoms with E-state index in [9.17, 15) is 14.0 Å². The van der Waals surface area contributed by atoms with Gasteiger partial charge >= 0.3 is 0 Å². The van der Waals surface area contributed by atoms with Crippen molar-refractivity contribution in [2.24, 2.45) is 0 Å². The minimum absolute atomic E-state index is 0.117. The highest BCUT2D eigenvalue weighted by Crippen LogP contribution is 2.07. The summed E-state index contributed by atoms with van der Waals surface area (Å²) in [7, 11) is 0.500. The maximum Gasteiger partial charge on any atom is 0.221 e. The summed E-state index contributed by atoms with van der Waals surface area (Å²) in [5, 5.41) is 2.60. The molecule has 0 aliphatic rings. The first-order valence-corrected chi connectivity index (χ1v) is 3.93. The van der Waals surface area contributed by atoms with Gasteiger partial charge in [0.05, 0.1) is 7.18 Å². The lowest BCUT2D eigenvalue weighted by atomic mass is 10.2. The molecular formula is C10H12FNO2. The van der Waals surface area contributed by atoms with Gasteiger partial charge in [0, 0.05) is 18.2 Å². The van der Waals surface area contributed by atoms with Gasteiger partial charge in [0.1, 0.15) is 6.29 Å². The van der Waals surface area contributed by atoms with Gasteiger partial charge in [0.2, 0.25) is 5.91 Å². The van der Waals surface area contributed by atoms with Gasteiger partial charge in [-0.15, -0.1) is 0 Å². The number of carbonyl (C=O) groups excluding carboxylic acids is 2. The highest BCUT2D eigenvalue weighted by atomic mass is 19.1. The molecule has 0 unspecified atom stereocenters. The van der Waals surface area contributed by atoms with Crippen molar-refractivity contribution < 1.29 is 14.0 Å². The second-order valence-electron chi connectivity index (χ2n) is 2.42. The van der Waals surface area contributed by atoms with Crippen molar-refractivity contribution in [3.63, 3.8) is 0 Å². The number of benzene rings is 1. The Bertz CT molecular complexity index is 295. The van der Waals surface area contributed by atoms with E-state index in [0.717, 1.165) is 6.29 Å². The highest BCUT2D eigenvalue weighted by Gasteiger charge is 1.94. The van der Waals surface area contributed by atoms with Crippen LogP contribution >= 0.6 is 0 Å². The zero-order valence-corrected chi connectivity index (χ0v) is 8.08. The lowest BCUT2D eigenvalue weighted by Crippen LogP contribution is -2.05. The molecule has 0 saturated carbocycles. The molecule has 1 amide bonds. The molecule has 0 saturated heterocycles. The lowest BCUT2D eigenvalue weighted by Gasteiger charge is -2.00. The normalized spacial score (nSPS) is 8.21. The first-order valence-electron chi connectivity index (χ1n) is 3.93. The molecule has 3 nitrogen and oxygen atoms in total. The van der Waals surface area contributed by atoms with Gasteiger partial charge in [-0.3, -0.25) is 14.0 Å². The van der Waals surface area contributed by atoms with Crippen molar-refractivity contribution in [3.8, 4) is 0 Å². The van der Waals surface area contributed by atoms with Crippen LogP contribution in [-0.4, -0.2) is 19.4 Å². The Labute approximate surface area is 81.9 Å². The van der Waals surface area contributed by atoms with Crippen molar-refractivity contribution in [2.45, 2.75) is 6.92 Å². The topological polar surface area (TPSA) is 46.2 Å². The Hall–Kier alpha value is -1.71. The standard InChI is InChI=1S/C9H9NO2.CH3F/c1-7(12)10-9-4-2-8(6-11)3-5-9;1-2/h2-6H,1H3,(H,10,12);1H3. The van der Waals surface area contributed by atoms with E-state index in [-0.39, 0.29) is 5.91 Å². The Kier molecular flexibility index (Phi) is 5.94. The number of amides is 1. The summed E-state index contributed by atoms with van der Waals surface area (Å²) in [4.78, 5) is 20.8. The van der Waals surface area contributed by atoms with Crippen molar-refractivity contribution in [1.29, 1.82) is 0 Å². The predicted octanol–water partition coefficient (Wildman–Crippen LogP) is 2.04. The monoisotopic (exact) mass is 197 g/mol. The third-order valence-electron chi connectivity index (χ3n) is 1.37. The van der Waals surface area contributed by atoms with E-state index in [1.54, 1.807) is 24.3 Å². The molecule has 0 aliphatic heterocycles. The second kappa shape index (κ2) is 6.77. The van der Waals surface area contributed by atoms with E-state index in [2.05, 4.69) is 5.32 Å². The quantitative estimate of drug-likeness (QED) is 0.737. The number of halogens is 1. The van der Waals surface area contributed by atoms with E-state index in [4.69, 9.17) is 0 Å². The molecule has 0 aromatic heterocycles. The molecule has 0 spiro atoms. The molecule has 1 aromatic carbocycles. The highest BCUT2D eigenvalue weighted by molar-refractivity contribution is 5.89. The van der Waals surface area contributed by atoms with E-state index in [0.29, 0.717) is 18.4 Å². The van der Waals surface area contributed by atoms with Gasteiger partial charge in [-0.25, -0.2) is 0 Å². The molecule has 1 aromatic rings. The van der Waals surface area contributed by atoms with Gasteiger partial charge in [0.15, 0.2) is 0 Å². The average molecular weight is 197 g/mol. The van der Waals surface area contributed by atoms with Crippen LogP contribution in [0, 0.1) is 0 Å². The zero-order chi connectivity index (χ0) is 11.0. The van der Waals surface area contributed by atoms with Crippen molar-refractivity contribution in [3.05, 3.63) is 29.8 Å². The Morgan fingerprint density at radius 3 is 2.14 bits per heavy atom. The largest absolute Gasteiger partial charge is 0.326 e. The van der Waals surface area contributed by atoms with Crippen LogP contribution in [-0.2, 0) is 4.79 Å². The van der Waals surface area contributed by atoms with E-state index >= 15 is 0 Å². The minimum Gasteiger partial charge on any atom is -0.326 e. The number of nitrogens with one attached hydrogen (secondary N) is 1. The predicted molar refractivity (Wildman–Crippen MR) is 53.2 cm³/mol. The summed E-state index contributed by atoms with van der Waals surface area (Å²) in [5.41, 5.74) is 1.30. The van der Waals surface area contributed by atoms with Crippen molar-refractivity contribution >= 4 is 17.9 Å². The molecule has 4 heteroatoms. The van der Waals surface area contributed by atoms with E-state index in [1.165, 1.54) is 6.92 Å².